The third-order valence-electron chi connectivity index (χ3n) is 3.53. The van der Waals surface area contributed by atoms with E-state index in [1.807, 2.05) is 0 Å². The first-order valence-corrected chi connectivity index (χ1v) is 6.71. The first kappa shape index (κ1) is 13.3. The Morgan fingerprint density at radius 2 is 2.22 bits per heavy atom. The van der Waals surface area contributed by atoms with Crippen LogP contribution in [-0.4, -0.2) is 17.4 Å². The van der Waals surface area contributed by atoms with Crippen LogP contribution < -0.4 is 11.1 Å². The maximum absolute atomic E-state index is 12.2. The van der Waals surface area contributed by atoms with Crippen LogP contribution in [0.2, 0.25) is 5.02 Å². The molecule has 3 N–H and O–H groups in total. The quantitative estimate of drug-likeness (QED) is 0.884. The fourth-order valence-corrected chi connectivity index (χ4v) is 2.62. The van der Waals surface area contributed by atoms with Crippen LogP contribution in [0.1, 0.15) is 25.7 Å². The maximum Gasteiger partial charge on any atom is 0.228 e. The molecule has 0 aliphatic heterocycles. The Labute approximate surface area is 112 Å². The maximum atomic E-state index is 12.2. The van der Waals surface area contributed by atoms with Gasteiger partial charge in [0.15, 0.2) is 0 Å². The number of amides is 1. The molecule has 1 aliphatic carbocycles. The highest BCUT2D eigenvalue weighted by atomic mass is 35.5. The molecule has 2 unspecified atom stereocenters. The fraction of sp³-hybridized carbons (Fsp3) is 0.538. The van der Waals surface area contributed by atoms with Crippen LogP contribution in [0.25, 0.3) is 0 Å². The summed E-state index contributed by atoms with van der Waals surface area (Å²) in [6, 6.07) is 3.42. The summed E-state index contributed by atoms with van der Waals surface area (Å²) in [5, 5.41) is 3.40. The molecule has 1 aromatic rings. The number of carbonyl (C=O) groups is 1. The van der Waals surface area contributed by atoms with Gasteiger partial charge in [0.25, 0.3) is 0 Å². The molecule has 2 atom stereocenters. The molecule has 0 saturated heterocycles. The number of nitrogens with zero attached hydrogens (tertiary/aromatic N) is 1. The number of nitrogens with one attached hydrogen (secondary N) is 1. The van der Waals surface area contributed by atoms with Crippen LogP contribution in [0.5, 0.6) is 0 Å². The second-order valence-electron chi connectivity index (χ2n) is 4.74. The van der Waals surface area contributed by atoms with Gasteiger partial charge < -0.3 is 11.1 Å². The van der Waals surface area contributed by atoms with Crippen molar-refractivity contribution < 1.29 is 4.79 Å². The van der Waals surface area contributed by atoms with Crippen molar-refractivity contribution in [2.45, 2.75) is 25.7 Å². The van der Waals surface area contributed by atoms with E-state index in [4.69, 9.17) is 17.3 Å². The second-order valence-corrected chi connectivity index (χ2v) is 5.17. The monoisotopic (exact) mass is 267 g/mol. The standard InChI is InChI=1S/C13H18ClN3O/c14-10-5-6-12(16-8-10)17-13(18)11-4-2-1-3-9(11)7-15/h5-6,8-9,11H,1-4,7,15H2,(H,16,17,18). The van der Waals surface area contributed by atoms with Gasteiger partial charge in [-0.25, -0.2) is 4.98 Å². The molecule has 5 heteroatoms. The molecule has 1 amide bonds. The van der Waals surface area contributed by atoms with Crippen molar-refractivity contribution in [3.8, 4) is 0 Å². The lowest BCUT2D eigenvalue weighted by Gasteiger charge is -2.29. The van der Waals surface area contributed by atoms with Crippen LogP contribution in [-0.2, 0) is 4.79 Å². The van der Waals surface area contributed by atoms with Gasteiger partial charge in [0.1, 0.15) is 5.82 Å². The molecular formula is C13H18ClN3O. The minimum Gasteiger partial charge on any atom is -0.330 e. The van der Waals surface area contributed by atoms with Gasteiger partial charge in [-0.3, -0.25) is 4.79 Å². The summed E-state index contributed by atoms with van der Waals surface area (Å²) in [4.78, 5) is 16.3. The van der Waals surface area contributed by atoms with Gasteiger partial charge in [-0.1, -0.05) is 24.4 Å². The highest BCUT2D eigenvalue weighted by Crippen LogP contribution is 2.30. The summed E-state index contributed by atoms with van der Waals surface area (Å²) in [7, 11) is 0. The molecule has 1 saturated carbocycles. The lowest BCUT2D eigenvalue weighted by atomic mass is 9.79. The van der Waals surface area contributed by atoms with Gasteiger partial charge in [0.05, 0.1) is 5.02 Å². The third kappa shape index (κ3) is 3.21. The lowest BCUT2D eigenvalue weighted by Crippen LogP contribution is -2.35. The summed E-state index contributed by atoms with van der Waals surface area (Å²) < 4.78 is 0. The van der Waals surface area contributed by atoms with E-state index >= 15 is 0 Å². The van der Waals surface area contributed by atoms with Gasteiger partial charge in [-0.05, 0) is 37.4 Å². The highest BCUT2D eigenvalue weighted by Gasteiger charge is 2.29. The number of aromatic nitrogens is 1. The summed E-state index contributed by atoms with van der Waals surface area (Å²) in [5.41, 5.74) is 5.73. The van der Waals surface area contributed by atoms with E-state index in [1.54, 1.807) is 12.1 Å². The topological polar surface area (TPSA) is 68.0 Å². The number of hydrogen-bond acceptors (Lipinski definition) is 3. The normalized spacial score (nSPS) is 23.7. The SMILES string of the molecule is NCC1CCCCC1C(=O)Nc1ccc(Cl)cn1. The number of hydrogen-bond donors (Lipinski definition) is 2. The van der Waals surface area contributed by atoms with Crippen LogP contribution in [0.15, 0.2) is 18.3 Å². The van der Waals surface area contributed by atoms with Gasteiger partial charge in [-0.15, -0.1) is 0 Å². The smallest absolute Gasteiger partial charge is 0.228 e. The number of halogens is 1. The molecule has 1 fully saturated rings. The van der Waals surface area contributed by atoms with Crippen LogP contribution in [0.4, 0.5) is 5.82 Å². The molecule has 1 heterocycles. The third-order valence-corrected chi connectivity index (χ3v) is 3.75. The van der Waals surface area contributed by atoms with Crippen molar-refractivity contribution in [3.63, 3.8) is 0 Å². The van der Waals surface area contributed by atoms with E-state index in [0.29, 0.717) is 23.3 Å². The average molecular weight is 268 g/mol. The zero-order valence-corrected chi connectivity index (χ0v) is 11.0. The van der Waals surface area contributed by atoms with Crippen molar-refractivity contribution in [1.82, 2.24) is 4.98 Å². The minimum absolute atomic E-state index is 0.0150. The second kappa shape index (κ2) is 6.16. The molecule has 98 valence electrons. The zero-order chi connectivity index (χ0) is 13.0. The molecule has 0 bridgehead atoms. The predicted molar refractivity (Wildman–Crippen MR) is 72.4 cm³/mol. The van der Waals surface area contributed by atoms with E-state index in [1.165, 1.54) is 12.6 Å². The van der Waals surface area contributed by atoms with E-state index in [9.17, 15) is 4.79 Å². The van der Waals surface area contributed by atoms with E-state index in [0.717, 1.165) is 19.3 Å². The number of rotatable bonds is 3. The van der Waals surface area contributed by atoms with Crippen molar-refractivity contribution in [3.05, 3.63) is 23.4 Å². The van der Waals surface area contributed by atoms with E-state index in [2.05, 4.69) is 10.3 Å². The number of carbonyl (C=O) groups excluding carboxylic acids is 1. The van der Waals surface area contributed by atoms with Crippen molar-refractivity contribution in [1.29, 1.82) is 0 Å². The Hall–Kier alpha value is -1.13. The largest absolute Gasteiger partial charge is 0.330 e. The average Bonchev–Trinajstić information content (AvgIpc) is 2.41. The number of nitrogens with two attached hydrogens (primary N) is 1. The molecule has 0 radical (unpaired) electrons. The van der Waals surface area contributed by atoms with Gasteiger partial charge in [0.2, 0.25) is 5.91 Å². The molecular weight excluding hydrogens is 250 g/mol. The minimum atomic E-state index is 0.0150. The van der Waals surface area contributed by atoms with Crippen LogP contribution in [0, 0.1) is 11.8 Å². The van der Waals surface area contributed by atoms with E-state index < -0.39 is 0 Å². The number of anilines is 1. The Bertz CT molecular complexity index is 407. The molecule has 4 nitrogen and oxygen atoms in total. The van der Waals surface area contributed by atoms with Crippen LogP contribution >= 0.6 is 11.6 Å². The van der Waals surface area contributed by atoms with Crippen molar-refractivity contribution in [2.75, 3.05) is 11.9 Å². The molecule has 1 aromatic heterocycles. The molecule has 0 spiro atoms. The van der Waals surface area contributed by atoms with Crippen LogP contribution in [0.3, 0.4) is 0 Å². The first-order chi connectivity index (χ1) is 8.70. The Kier molecular flexibility index (Phi) is 4.55. The van der Waals surface area contributed by atoms with E-state index in [-0.39, 0.29) is 11.8 Å². The molecule has 2 rings (SSSR count). The Balaban J connectivity index is 2.00. The number of pyridine rings is 1. The molecule has 18 heavy (non-hydrogen) atoms. The summed E-state index contributed by atoms with van der Waals surface area (Å²) in [5.74, 6) is 0.887. The molecule has 0 aromatic carbocycles. The highest BCUT2D eigenvalue weighted by molar-refractivity contribution is 6.30. The summed E-state index contributed by atoms with van der Waals surface area (Å²) in [6.07, 6.45) is 5.76. The summed E-state index contributed by atoms with van der Waals surface area (Å²) in [6.45, 7) is 0.576. The predicted octanol–water partition coefficient (Wildman–Crippen LogP) is 2.44. The fourth-order valence-electron chi connectivity index (χ4n) is 2.50. The van der Waals surface area contributed by atoms with Gasteiger partial charge in [-0.2, -0.15) is 0 Å². The lowest BCUT2D eigenvalue weighted by molar-refractivity contribution is -0.122. The Morgan fingerprint density at radius 3 is 2.89 bits per heavy atom. The van der Waals surface area contributed by atoms with Gasteiger partial charge in [0, 0.05) is 12.1 Å². The zero-order valence-electron chi connectivity index (χ0n) is 10.2. The Morgan fingerprint density at radius 1 is 1.44 bits per heavy atom. The van der Waals surface area contributed by atoms with Crippen molar-refractivity contribution >= 4 is 23.3 Å². The first-order valence-electron chi connectivity index (χ1n) is 6.33. The van der Waals surface area contributed by atoms with Gasteiger partial charge >= 0.3 is 0 Å². The summed E-state index contributed by atoms with van der Waals surface area (Å²) >= 11 is 5.75. The molecule has 1 aliphatic rings. The van der Waals surface area contributed by atoms with Crippen molar-refractivity contribution in [2.24, 2.45) is 17.6 Å².